The van der Waals surface area contributed by atoms with Gasteiger partial charge in [0.05, 0.1) is 0 Å². The summed E-state index contributed by atoms with van der Waals surface area (Å²) in [6.45, 7) is 4.57. The molecule has 13 heavy (non-hydrogen) atoms. The van der Waals surface area contributed by atoms with Crippen LogP contribution < -0.4 is 0 Å². The summed E-state index contributed by atoms with van der Waals surface area (Å²) in [6, 6.07) is 0. The molecule has 0 heteroatoms. The molecular weight excluding hydrogens is 156 g/mol. The summed E-state index contributed by atoms with van der Waals surface area (Å²) in [4.78, 5) is 0. The first-order valence-electron chi connectivity index (χ1n) is 5.48. The van der Waals surface area contributed by atoms with Crippen molar-refractivity contribution in [1.82, 2.24) is 0 Å². The first kappa shape index (κ1) is 9.05. The maximum Gasteiger partial charge on any atom is 0.0113 e. The van der Waals surface area contributed by atoms with Crippen LogP contribution in [0.2, 0.25) is 0 Å². The summed E-state index contributed by atoms with van der Waals surface area (Å²) in [5, 5.41) is 0. The van der Waals surface area contributed by atoms with Crippen molar-refractivity contribution in [2.24, 2.45) is 11.8 Å². The first-order chi connectivity index (χ1) is 6.25. The van der Waals surface area contributed by atoms with E-state index in [0.717, 1.165) is 11.8 Å². The highest BCUT2D eigenvalue weighted by atomic mass is 14.3. The lowest BCUT2D eigenvalue weighted by Gasteiger charge is -2.34. The van der Waals surface area contributed by atoms with Crippen LogP contribution in [0.1, 0.15) is 39.5 Å². The van der Waals surface area contributed by atoms with Crippen LogP contribution in [0.15, 0.2) is 23.3 Å². The van der Waals surface area contributed by atoms with E-state index in [-0.39, 0.29) is 0 Å². The highest BCUT2D eigenvalue weighted by molar-refractivity contribution is 5.39. The lowest BCUT2D eigenvalue weighted by Crippen LogP contribution is -2.22. The molecule has 0 aromatic rings. The van der Waals surface area contributed by atoms with Crippen LogP contribution in [0, 0.1) is 18.3 Å². The van der Waals surface area contributed by atoms with Crippen LogP contribution in [0.4, 0.5) is 0 Å². The Labute approximate surface area is 81.7 Å². The summed E-state index contributed by atoms with van der Waals surface area (Å²) in [6.07, 6.45) is 12.5. The lowest BCUT2D eigenvalue weighted by atomic mass is 9.72. The molecule has 0 aromatic heterocycles. The Balaban J connectivity index is 1.69. The summed E-state index contributed by atoms with van der Waals surface area (Å²) in [5.74, 6) is 2.02. The Morgan fingerprint density at radius 1 is 1.31 bits per heavy atom. The monoisotopic (exact) mass is 175 g/mol. The van der Waals surface area contributed by atoms with Gasteiger partial charge in [0.1, 0.15) is 0 Å². The maximum atomic E-state index is 2.39. The Morgan fingerprint density at radius 2 is 2.15 bits per heavy atom. The molecule has 0 amide bonds. The topological polar surface area (TPSA) is 0 Å². The maximum absolute atomic E-state index is 2.39. The van der Waals surface area contributed by atoms with E-state index in [1.807, 2.05) is 0 Å². The van der Waals surface area contributed by atoms with Gasteiger partial charge < -0.3 is 0 Å². The smallest absolute Gasteiger partial charge is 0.0113 e. The molecule has 0 bridgehead atoms. The van der Waals surface area contributed by atoms with E-state index in [4.69, 9.17) is 0 Å². The molecule has 0 spiro atoms. The second kappa shape index (κ2) is 3.69. The SMILES string of the molecule is CC1=CC=C(CC[C@@H]2CCC2C)[CH]1. The van der Waals surface area contributed by atoms with Crippen LogP contribution in [0.5, 0.6) is 0 Å². The van der Waals surface area contributed by atoms with Crippen molar-refractivity contribution in [1.29, 1.82) is 0 Å². The quantitative estimate of drug-likeness (QED) is 0.610. The van der Waals surface area contributed by atoms with Crippen molar-refractivity contribution in [3.63, 3.8) is 0 Å². The number of allylic oxidation sites excluding steroid dienone is 4. The summed E-state index contributed by atoms with van der Waals surface area (Å²) < 4.78 is 0. The molecular formula is C13H19. The largest absolute Gasteiger partial charge is 0.0652 e. The molecule has 0 heterocycles. The molecule has 2 aliphatic rings. The minimum atomic E-state index is 0.996. The molecule has 2 aliphatic carbocycles. The van der Waals surface area contributed by atoms with Gasteiger partial charge in [-0.25, -0.2) is 0 Å². The summed E-state index contributed by atoms with van der Waals surface area (Å²) in [7, 11) is 0. The van der Waals surface area contributed by atoms with E-state index in [2.05, 4.69) is 32.4 Å². The Morgan fingerprint density at radius 3 is 2.62 bits per heavy atom. The summed E-state index contributed by atoms with van der Waals surface area (Å²) in [5.41, 5.74) is 2.95. The fourth-order valence-electron chi connectivity index (χ4n) is 2.30. The van der Waals surface area contributed by atoms with Gasteiger partial charge in [-0.1, -0.05) is 36.6 Å². The van der Waals surface area contributed by atoms with Crippen LogP contribution in [0.3, 0.4) is 0 Å². The highest BCUT2D eigenvalue weighted by Crippen LogP contribution is 2.38. The molecule has 2 atom stereocenters. The Bertz CT molecular complexity index is 245. The number of hydrogen-bond donors (Lipinski definition) is 0. The van der Waals surface area contributed by atoms with Crippen molar-refractivity contribution < 1.29 is 0 Å². The van der Waals surface area contributed by atoms with Gasteiger partial charge in [-0.2, -0.15) is 0 Å². The molecule has 0 saturated heterocycles. The molecule has 2 rings (SSSR count). The van der Waals surface area contributed by atoms with Crippen LogP contribution in [-0.2, 0) is 0 Å². The third kappa shape index (κ3) is 2.04. The molecule has 1 fully saturated rings. The Hall–Kier alpha value is -0.520. The van der Waals surface area contributed by atoms with E-state index < -0.39 is 0 Å². The Kier molecular flexibility index (Phi) is 2.57. The minimum Gasteiger partial charge on any atom is -0.0652 e. The first-order valence-corrected chi connectivity index (χ1v) is 5.48. The predicted molar refractivity (Wildman–Crippen MR) is 57.3 cm³/mol. The van der Waals surface area contributed by atoms with Crippen molar-refractivity contribution in [3.8, 4) is 0 Å². The molecule has 0 nitrogen and oxygen atoms in total. The van der Waals surface area contributed by atoms with Gasteiger partial charge in [-0.15, -0.1) is 0 Å². The molecule has 1 radical (unpaired) electrons. The van der Waals surface area contributed by atoms with Crippen LogP contribution >= 0.6 is 0 Å². The van der Waals surface area contributed by atoms with Crippen molar-refractivity contribution in [2.75, 3.05) is 0 Å². The van der Waals surface area contributed by atoms with Gasteiger partial charge in [-0.05, 0) is 38.0 Å². The molecule has 0 N–H and O–H groups in total. The van der Waals surface area contributed by atoms with E-state index in [9.17, 15) is 0 Å². The molecule has 1 unspecified atom stereocenters. The van der Waals surface area contributed by atoms with Crippen LogP contribution in [0.25, 0.3) is 0 Å². The average molecular weight is 175 g/mol. The van der Waals surface area contributed by atoms with E-state index in [1.165, 1.54) is 36.8 Å². The van der Waals surface area contributed by atoms with E-state index in [0.29, 0.717) is 0 Å². The van der Waals surface area contributed by atoms with Gasteiger partial charge >= 0.3 is 0 Å². The highest BCUT2D eigenvalue weighted by Gasteiger charge is 2.26. The van der Waals surface area contributed by atoms with E-state index >= 15 is 0 Å². The zero-order valence-corrected chi connectivity index (χ0v) is 8.72. The lowest BCUT2D eigenvalue weighted by molar-refractivity contribution is 0.184. The molecule has 0 aliphatic heterocycles. The standard InChI is InChI=1S/C13H19/c1-10-3-5-12(9-10)6-8-13-7-4-11(13)2/h3,5,9,11,13H,4,6-8H2,1-2H3/t11?,13-/m0/s1. The molecule has 71 valence electrons. The van der Waals surface area contributed by atoms with Crippen LogP contribution in [-0.4, -0.2) is 0 Å². The predicted octanol–water partition coefficient (Wildman–Crippen LogP) is 3.90. The zero-order chi connectivity index (χ0) is 9.26. The van der Waals surface area contributed by atoms with Gasteiger partial charge in [0.25, 0.3) is 0 Å². The molecule has 1 saturated carbocycles. The zero-order valence-electron chi connectivity index (χ0n) is 8.72. The summed E-state index contributed by atoms with van der Waals surface area (Å²) >= 11 is 0. The van der Waals surface area contributed by atoms with Crippen molar-refractivity contribution in [2.45, 2.75) is 39.5 Å². The van der Waals surface area contributed by atoms with Gasteiger partial charge in [-0.3, -0.25) is 0 Å². The third-order valence-electron chi connectivity index (χ3n) is 3.57. The molecule has 0 aromatic carbocycles. The number of rotatable bonds is 3. The van der Waals surface area contributed by atoms with Gasteiger partial charge in [0.2, 0.25) is 0 Å². The van der Waals surface area contributed by atoms with E-state index in [1.54, 1.807) is 0 Å². The van der Waals surface area contributed by atoms with Crippen molar-refractivity contribution >= 4 is 0 Å². The minimum absolute atomic E-state index is 0.996. The third-order valence-corrected chi connectivity index (χ3v) is 3.57. The fourth-order valence-corrected chi connectivity index (χ4v) is 2.30. The van der Waals surface area contributed by atoms with Crippen molar-refractivity contribution in [3.05, 3.63) is 29.7 Å². The average Bonchev–Trinajstić information content (AvgIpc) is 2.49. The second-order valence-electron chi connectivity index (χ2n) is 4.65. The van der Waals surface area contributed by atoms with Gasteiger partial charge in [0, 0.05) is 6.42 Å². The second-order valence-corrected chi connectivity index (χ2v) is 4.65. The normalized spacial score (nSPS) is 32.5. The van der Waals surface area contributed by atoms with Gasteiger partial charge in [0.15, 0.2) is 0 Å². The fraction of sp³-hybridized carbons (Fsp3) is 0.615. The number of hydrogen-bond acceptors (Lipinski definition) is 0.